The highest BCUT2D eigenvalue weighted by Crippen LogP contribution is 2.27. The van der Waals surface area contributed by atoms with Crippen LogP contribution in [0.3, 0.4) is 0 Å². The normalized spacial score (nSPS) is 39.0. The molecule has 1 saturated carbocycles. The topological polar surface area (TPSA) is 52.5 Å². The van der Waals surface area contributed by atoms with E-state index in [0.717, 1.165) is 19.3 Å². The fraction of sp³-hybridized carbons (Fsp3) is 1.00. The average molecular weight is 159 g/mol. The van der Waals surface area contributed by atoms with Gasteiger partial charge >= 0.3 is 0 Å². The summed E-state index contributed by atoms with van der Waals surface area (Å²) in [5, 5.41) is 21.7. The Bertz CT molecular complexity index is 129. The monoisotopic (exact) mass is 159 g/mol. The molecule has 0 spiro atoms. The lowest BCUT2D eigenvalue weighted by atomic mass is 9.82. The van der Waals surface area contributed by atoms with Crippen LogP contribution in [0.2, 0.25) is 0 Å². The molecule has 1 fully saturated rings. The highest BCUT2D eigenvalue weighted by molar-refractivity contribution is 4.88. The Balaban J connectivity index is 2.44. The first-order valence-electron chi connectivity index (χ1n) is 4.21. The molecule has 0 amide bonds. The Kier molecular flexibility index (Phi) is 2.87. The van der Waals surface area contributed by atoms with Crippen molar-refractivity contribution in [3.8, 4) is 0 Å². The van der Waals surface area contributed by atoms with Crippen LogP contribution in [0.25, 0.3) is 0 Å². The summed E-state index contributed by atoms with van der Waals surface area (Å²) in [4.78, 5) is 0. The van der Waals surface area contributed by atoms with Gasteiger partial charge in [-0.3, -0.25) is 0 Å². The highest BCUT2D eigenvalue weighted by Gasteiger charge is 2.32. The van der Waals surface area contributed by atoms with Gasteiger partial charge in [-0.2, -0.15) is 0 Å². The van der Waals surface area contributed by atoms with Crippen molar-refractivity contribution in [2.24, 2.45) is 0 Å². The predicted octanol–water partition coefficient (Wildman–Crippen LogP) is -0.128. The summed E-state index contributed by atoms with van der Waals surface area (Å²) >= 11 is 0. The summed E-state index contributed by atoms with van der Waals surface area (Å²) in [6, 6.07) is 0.376. The van der Waals surface area contributed by atoms with Gasteiger partial charge in [-0.25, -0.2) is 0 Å². The SMILES string of the molecule is CNC1CCCC(O)(CO)C1. The summed E-state index contributed by atoms with van der Waals surface area (Å²) in [5.41, 5.74) is -0.814. The third kappa shape index (κ3) is 2.15. The van der Waals surface area contributed by atoms with Crippen molar-refractivity contribution in [1.82, 2.24) is 5.32 Å². The molecule has 0 heterocycles. The van der Waals surface area contributed by atoms with Crippen molar-refractivity contribution >= 4 is 0 Å². The number of nitrogens with one attached hydrogen (secondary N) is 1. The van der Waals surface area contributed by atoms with E-state index in [2.05, 4.69) is 5.32 Å². The van der Waals surface area contributed by atoms with E-state index in [1.165, 1.54) is 0 Å². The van der Waals surface area contributed by atoms with Gasteiger partial charge in [-0.15, -0.1) is 0 Å². The van der Waals surface area contributed by atoms with E-state index in [1.54, 1.807) is 0 Å². The fourth-order valence-corrected chi connectivity index (χ4v) is 1.73. The number of hydrogen-bond acceptors (Lipinski definition) is 3. The lowest BCUT2D eigenvalue weighted by Gasteiger charge is -2.35. The van der Waals surface area contributed by atoms with E-state index in [4.69, 9.17) is 5.11 Å². The van der Waals surface area contributed by atoms with Crippen molar-refractivity contribution in [1.29, 1.82) is 0 Å². The second-order valence-electron chi connectivity index (χ2n) is 3.46. The smallest absolute Gasteiger partial charge is 0.0892 e. The molecule has 1 aliphatic rings. The molecule has 0 saturated heterocycles. The van der Waals surface area contributed by atoms with Crippen molar-refractivity contribution in [3.63, 3.8) is 0 Å². The minimum Gasteiger partial charge on any atom is -0.393 e. The second-order valence-corrected chi connectivity index (χ2v) is 3.46. The molecule has 0 aromatic rings. The Morgan fingerprint density at radius 2 is 2.36 bits per heavy atom. The van der Waals surface area contributed by atoms with Gasteiger partial charge in [-0.05, 0) is 32.7 Å². The predicted molar refractivity (Wildman–Crippen MR) is 43.4 cm³/mol. The molecule has 66 valence electrons. The van der Waals surface area contributed by atoms with Crippen LogP contribution in [-0.2, 0) is 0 Å². The number of hydrogen-bond donors (Lipinski definition) is 3. The van der Waals surface area contributed by atoms with E-state index in [0.29, 0.717) is 12.5 Å². The Hall–Kier alpha value is -0.120. The highest BCUT2D eigenvalue weighted by atomic mass is 16.3. The summed E-state index contributed by atoms with van der Waals surface area (Å²) < 4.78 is 0. The molecular formula is C8H17NO2. The van der Waals surface area contributed by atoms with Crippen molar-refractivity contribution < 1.29 is 10.2 Å². The number of rotatable bonds is 2. The maximum atomic E-state index is 9.69. The molecule has 0 aromatic carbocycles. The van der Waals surface area contributed by atoms with Crippen LogP contribution >= 0.6 is 0 Å². The van der Waals surface area contributed by atoms with Crippen LogP contribution in [0.4, 0.5) is 0 Å². The van der Waals surface area contributed by atoms with E-state index in [1.807, 2.05) is 7.05 Å². The Morgan fingerprint density at radius 3 is 2.91 bits per heavy atom. The zero-order chi connectivity index (χ0) is 8.32. The molecule has 0 aliphatic heterocycles. The zero-order valence-corrected chi connectivity index (χ0v) is 7.01. The molecule has 1 rings (SSSR count). The van der Waals surface area contributed by atoms with Crippen LogP contribution in [0.15, 0.2) is 0 Å². The molecule has 3 nitrogen and oxygen atoms in total. The van der Waals surface area contributed by atoms with Gasteiger partial charge in [-0.1, -0.05) is 0 Å². The summed E-state index contributed by atoms with van der Waals surface area (Å²) in [5.74, 6) is 0. The van der Waals surface area contributed by atoms with Crippen molar-refractivity contribution in [2.75, 3.05) is 13.7 Å². The minimum atomic E-state index is -0.814. The first kappa shape index (κ1) is 8.97. The second kappa shape index (κ2) is 3.52. The van der Waals surface area contributed by atoms with Crippen LogP contribution in [-0.4, -0.2) is 35.5 Å². The van der Waals surface area contributed by atoms with Gasteiger partial charge in [0.05, 0.1) is 12.2 Å². The van der Waals surface area contributed by atoms with E-state index in [-0.39, 0.29) is 6.61 Å². The average Bonchev–Trinajstić information content (AvgIpc) is 2.05. The fourth-order valence-electron chi connectivity index (χ4n) is 1.73. The lowest BCUT2D eigenvalue weighted by molar-refractivity contribution is -0.0497. The molecule has 3 heteroatoms. The van der Waals surface area contributed by atoms with Crippen LogP contribution in [0.1, 0.15) is 25.7 Å². The van der Waals surface area contributed by atoms with Crippen LogP contribution < -0.4 is 5.32 Å². The maximum Gasteiger partial charge on any atom is 0.0892 e. The first-order chi connectivity index (χ1) is 5.20. The summed E-state index contributed by atoms with van der Waals surface area (Å²) in [6.07, 6.45) is 3.53. The van der Waals surface area contributed by atoms with Gasteiger partial charge < -0.3 is 15.5 Å². The molecular weight excluding hydrogens is 142 g/mol. The van der Waals surface area contributed by atoms with E-state index >= 15 is 0 Å². The standard InChI is InChI=1S/C8H17NO2/c1-9-7-3-2-4-8(11,5-7)6-10/h7,9-11H,2-6H2,1H3. The maximum absolute atomic E-state index is 9.69. The molecule has 0 bridgehead atoms. The number of aliphatic hydroxyl groups is 2. The molecule has 2 atom stereocenters. The zero-order valence-electron chi connectivity index (χ0n) is 7.01. The van der Waals surface area contributed by atoms with Gasteiger partial charge in [0.1, 0.15) is 0 Å². The quantitative estimate of drug-likeness (QED) is 0.526. The van der Waals surface area contributed by atoms with Crippen LogP contribution in [0, 0.1) is 0 Å². The van der Waals surface area contributed by atoms with Crippen LogP contribution in [0.5, 0.6) is 0 Å². The molecule has 11 heavy (non-hydrogen) atoms. The minimum absolute atomic E-state index is 0.106. The molecule has 0 aromatic heterocycles. The molecule has 2 unspecified atom stereocenters. The summed E-state index contributed by atoms with van der Waals surface area (Å²) in [6.45, 7) is -0.106. The third-order valence-electron chi connectivity index (χ3n) is 2.52. The van der Waals surface area contributed by atoms with E-state index in [9.17, 15) is 5.11 Å². The molecule has 1 aliphatic carbocycles. The molecule has 3 N–H and O–H groups in total. The third-order valence-corrected chi connectivity index (χ3v) is 2.52. The largest absolute Gasteiger partial charge is 0.393 e. The van der Waals surface area contributed by atoms with Gasteiger partial charge in [0.25, 0.3) is 0 Å². The Morgan fingerprint density at radius 1 is 1.64 bits per heavy atom. The van der Waals surface area contributed by atoms with Gasteiger partial charge in [0.15, 0.2) is 0 Å². The van der Waals surface area contributed by atoms with Gasteiger partial charge in [0, 0.05) is 6.04 Å². The lowest BCUT2D eigenvalue weighted by Crippen LogP contribution is -2.44. The first-order valence-corrected chi connectivity index (χ1v) is 4.21. The van der Waals surface area contributed by atoms with Crippen molar-refractivity contribution in [2.45, 2.75) is 37.3 Å². The van der Waals surface area contributed by atoms with Gasteiger partial charge in [0.2, 0.25) is 0 Å². The van der Waals surface area contributed by atoms with E-state index < -0.39 is 5.60 Å². The number of aliphatic hydroxyl groups excluding tert-OH is 1. The molecule has 0 radical (unpaired) electrons. The Labute approximate surface area is 67.4 Å². The summed E-state index contributed by atoms with van der Waals surface area (Å²) in [7, 11) is 1.90. The van der Waals surface area contributed by atoms with Crippen molar-refractivity contribution in [3.05, 3.63) is 0 Å².